The summed E-state index contributed by atoms with van der Waals surface area (Å²) >= 11 is 5.97. The Bertz CT molecular complexity index is 584. The molecule has 1 fully saturated rings. The van der Waals surface area contributed by atoms with Gasteiger partial charge in [0.1, 0.15) is 17.7 Å². The monoisotopic (exact) mass is 291 g/mol. The number of hydrogen-bond donors (Lipinski definition) is 0. The summed E-state index contributed by atoms with van der Waals surface area (Å²) in [6, 6.07) is 7.59. The average molecular weight is 292 g/mol. The van der Waals surface area contributed by atoms with Gasteiger partial charge in [0.15, 0.2) is 0 Å². The smallest absolute Gasteiger partial charge is 0.122 e. The first-order chi connectivity index (χ1) is 9.70. The number of hydrogen-bond acceptors (Lipinski definition) is 3. The molecule has 3 rings (SSSR count). The van der Waals surface area contributed by atoms with Crippen LogP contribution in [0.15, 0.2) is 36.7 Å². The fraction of sp³-hybridized carbons (Fsp3) is 0.400. The highest BCUT2D eigenvalue weighted by molar-refractivity contribution is 6.30. The van der Waals surface area contributed by atoms with Gasteiger partial charge in [0.05, 0.1) is 6.54 Å². The Labute approximate surface area is 123 Å². The van der Waals surface area contributed by atoms with Crippen LogP contribution in [-0.4, -0.2) is 33.6 Å². The van der Waals surface area contributed by atoms with Crippen LogP contribution in [0.3, 0.4) is 0 Å². The molecule has 0 spiro atoms. The van der Waals surface area contributed by atoms with Crippen LogP contribution < -0.4 is 4.74 Å². The molecule has 1 aliphatic rings. The van der Waals surface area contributed by atoms with Gasteiger partial charge in [-0.3, -0.25) is 4.90 Å². The van der Waals surface area contributed by atoms with E-state index in [2.05, 4.69) is 14.5 Å². The Morgan fingerprint density at radius 2 is 2.35 bits per heavy atom. The molecule has 5 heteroatoms. The SMILES string of the molecule is Cn1ccnc1CN1CC[C@H](Oc2cccc(Cl)c2)C1. The van der Waals surface area contributed by atoms with Crippen molar-refractivity contribution in [2.75, 3.05) is 13.1 Å². The second-order valence-electron chi connectivity index (χ2n) is 5.18. The number of imidazole rings is 1. The summed E-state index contributed by atoms with van der Waals surface area (Å²) < 4.78 is 8.04. The highest BCUT2D eigenvalue weighted by atomic mass is 35.5. The summed E-state index contributed by atoms with van der Waals surface area (Å²) in [5, 5.41) is 0.713. The van der Waals surface area contributed by atoms with E-state index in [1.54, 1.807) is 0 Å². The van der Waals surface area contributed by atoms with Gasteiger partial charge in [-0.05, 0) is 24.6 Å². The normalized spacial score (nSPS) is 19.4. The van der Waals surface area contributed by atoms with E-state index >= 15 is 0 Å². The quantitative estimate of drug-likeness (QED) is 0.868. The molecule has 0 saturated carbocycles. The number of aryl methyl sites for hydroxylation is 1. The largest absolute Gasteiger partial charge is 0.489 e. The number of halogens is 1. The molecule has 20 heavy (non-hydrogen) atoms. The van der Waals surface area contributed by atoms with Crippen molar-refractivity contribution in [3.8, 4) is 5.75 Å². The maximum absolute atomic E-state index is 5.98. The molecule has 1 saturated heterocycles. The molecule has 2 heterocycles. The van der Waals surface area contributed by atoms with E-state index in [4.69, 9.17) is 16.3 Å². The number of benzene rings is 1. The van der Waals surface area contributed by atoms with Crippen LogP contribution >= 0.6 is 11.6 Å². The lowest BCUT2D eigenvalue weighted by molar-refractivity contribution is 0.197. The van der Waals surface area contributed by atoms with E-state index < -0.39 is 0 Å². The molecule has 1 aliphatic heterocycles. The van der Waals surface area contributed by atoms with Crippen molar-refractivity contribution in [1.29, 1.82) is 0 Å². The fourth-order valence-electron chi connectivity index (χ4n) is 2.52. The maximum atomic E-state index is 5.98. The minimum absolute atomic E-state index is 0.230. The first-order valence-electron chi connectivity index (χ1n) is 6.81. The second kappa shape index (κ2) is 5.85. The van der Waals surface area contributed by atoms with Crippen LogP contribution in [0.5, 0.6) is 5.75 Å². The van der Waals surface area contributed by atoms with Crippen LogP contribution in [-0.2, 0) is 13.6 Å². The summed E-state index contributed by atoms with van der Waals surface area (Å²) in [5.74, 6) is 1.94. The third-order valence-corrected chi connectivity index (χ3v) is 3.85. The number of nitrogens with zero attached hydrogens (tertiary/aromatic N) is 3. The number of ether oxygens (including phenoxy) is 1. The first kappa shape index (κ1) is 13.5. The molecule has 0 bridgehead atoms. The van der Waals surface area contributed by atoms with Crippen LogP contribution in [0.1, 0.15) is 12.2 Å². The lowest BCUT2D eigenvalue weighted by Gasteiger charge is -2.16. The first-order valence-corrected chi connectivity index (χ1v) is 7.19. The van der Waals surface area contributed by atoms with E-state index in [0.29, 0.717) is 5.02 Å². The van der Waals surface area contributed by atoms with Gasteiger partial charge >= 0.3 is 0 Å². The summed E-state index contributed by atoms with van der Waals surface area (Å²) in [6.45, 7) is 2.84. The number of rotatable bonds is 4. The Morgan fingerprint density at radius 1 is 1.45 bits per heavy atom. The standard InChI is InChI=1S/C15H18ClN3O/c1-18-8-6-17-15(18)11-19-7-5-14(10-19)20-13-4-2-3-12(16)9-13/h2-4,6,8-9,14H,5,7,10-11H2,1H3/t14-/m0/s1. The molecular formula is C15H18ClN3O. The topological polar surface area (TPSA) is 30.3 Å². The van der Waals surface area contributed by atoms with Gasteiger partial charge in [0, 0.05) is 37.6 Å². The molecule has 1 aromatic heterocycles. The van der Waals surface area contributed by atoms with E-state index in [0.717, 1.165) is 37.6 Å². The molecule has 4 nitrogen and oxygen atoms in total. The van der Waals surface area contributed by atoms with Gasteiger partial charge in [-0.25, -0.2) is 4.98 Å². The van der Waals surface area contributed by atoms with Crippen molar-refractivity contribution in [2.45, 2.75) is 19.1 Å². The van der Waals surface area contributed by atoms with E-state index in [1.165, 1.54) is 0 Å². The zero-order chi connectivity index (χ0) is 13.9. The van der Waals surface area contributed by atoms with Crippen LogP contribution in [0, 0.1) is 0 Å². The van der Waals surface area contributed by atoms with Crippen LogP contribution in [0.25, 0.3) is 0 Å². The van der Waals surface area contributed by atoms with Crippen molar-refractivity contribution in [1.82, 2.24) is 14.5 Å². The molecule has 0 N–H and O–H groups in total. The minimum atomic E-state index is 0.230. The van der Waals surface area contributed by atoms with Gasteiger partial charge < -0.3 is 9.30 Å². The molecular weight excluding hydrogens is 274 g/mol. The Hall–Kier alpha value is -1.52. The average Bonchev–Trinajstić information content (AvgIpc) is 3.01. The van der Waals surface area contributed by atoms with Gasteiger partial charge in [0.2, 0.25) is 0 Å². The summed E-state index contributed by atoms with van der Waals surface area (Å²) in [7, 11) is 2.03. The molecule has 0 aliphatic carbocycles. The molecule has 0 amide bonds. The van der Waals surface area contributed by atoms with E-state index in [-0.39, 0.29) is 6.10 Å². The zero-order valence-electron chi connectivity index (χ0n) is 11.5. The Balaban J connectivity index is 1.56. The van der Waals surface area contributed by atoms with Gasteiger partial charge in [0.25, 0.3) is 0 Å². The van der Waals surface area contributed by atoms with Crippen molar-refractivity contribution in [3.05, 3.63) is 47.5 Å². The van der Waals surface area contributed by atoms with E-state index in [9.17, 15) is 0 Å². The third-order valence-electron chi connectivity index (χ3n) is 3.61. The highest BCUT2D eigenvalue weighted by Gasteiger charge is 2.24. The molecule has 1 atom stereocenters. The predicted octanol–water partition coefficient (Wildman–Crippen LogP) is 2.73. The van der Waals surface area contributed by atoms with Crippen molar-refractivity contribution >= 4 is 11.6 Å². The lowest BCUT2D eigenvalue weighted by Crippen LogP contribution is -2.25. The lowest BCUT2D eigenvalue weighted by atomic mass is 10.3. The number of aromatic nitrogens is 2. The van der Waals surface area contributed by atoms with Crippen LogP contribution in [0.4, 0.5) is 0 Å². The maximum Gasteiger partial charge on any atom is 0.122 e. The van der Waals surface area contributed by atoms with Gasteiger partial charge in [-0.15, -0.1) is 0 Å². The van der Waals surface area contributed by atoms with Gasteiger partial charge in [-0.2, -0.15) is 0 Å². The van der Waals surface area contributed by atoms with Crippen molar-refractivity contribution < 1.29 is 4.74 Å². The second-order valence-corrected chi connectivity index (χ2v) is 5.61. The fourth-order valence-corrected chi connectivity index (χ4v) is 2.70. The summed E-state index contributed by atoms with van der Waals surface area (Å²) in [6.07, 6.45) is 5.09. The molecule has 2 aromatic rings. The number of likely N-dealkylation sites (tertiary alicyclic amines) is 1. The third kappa shape index (κ3) is 3.14. The predicted molar refractivity (Wildman–Crippen MR) is 79.0 cm³/mol. The minimum Gasteiger partial charge on any atom is -0.489 e. The van der Waals surface area contributed by atoms with Crippen molar-refractivity contribution in [2.24, 2.45) is 7.05 Å². The Morgan fingerprint density at radius 3 is 3.10 bits per heavy atom. The van der Waals surface area contributed by atoms with E-state index in [1.807, 2.05) is 43.7 Å². The molecule has 106 valence electrons. The molecule has 0 radical (unpaired) electrons. The van der Waals surface area contributed by atoms with Gasteiger partial charge in [-0.1, -0.05) is 17.7 Å². The summed E-state index contributed by atoms with van der Waals surface area (Å²) in [5.41, 5.74) is 0. The summed E-state index contributed by atoms with van der Waals surface area (Å²) in [4.78, 5) is 6.74. The van der Waals surface area contributed by atoms with Crippen LogP contribution in [0.2, 0.25) is 5.02 Å². The molecule has 1 aromatic carbocycles. The van der Waals surface area contributed by atoms with Crippen molar-refractivity contribution in [3.63, 3.8) is 0 Å². The Kier molecular flexibility index (Phi) is 3.94. The zero-order valence-corrected chi connectivity index (χ0v) is 12.3. The molecule has 0 unspecified atom stereocenters. The highest BCUT2D eigenvalue weighted by Crippen LogP contribution is 2.22.